The van der Waals surface area contributed by atoms with Crippen molar-refractivity contribution in [1.82, 2.24) is 0 Å². The van der Waals surface area contributed by atoms with Gasteiger partial charge in [-0.05, 0) is 35.1 Å². The molecule has 0 atom stereocenters. The zero-order valence-corrected chi connectivity index (χ0v) is 23.5. The molecule has 0 nitrogen and oxygen atoms in total. The fourth-order valence-corrected chi connectivity index (χ4v) is 2.51. The first-order valence-corrected chi connectivity index (χ1v) is 13.1. The smallest absolute Gasteiger partial charge is 0.00257 e. The van der Waals surface area contributed by atoms with Crippen LogP contribution in [0.4, 0.5) is 0 Å². The molecule has 0 saturated heterocycles. The van der Waals surface area contributed by atoms with E-state index in [9.17, 15) is 0 Å². The van der Waals surface area contributed by atoms with Gasteiger partial charge in [0, 0.05) is 0 Å². The Morgan fingerprint density at radius 1 is 0.312 bits per heavy atom. The van der Waals surface area contributed by atoms with Crippen LogP contribution in [0.2, 0.25) is 0 Å². The van der Waals surface area contributed by atoms with Gasteiger partial charge < -0.3 is 0 Å². The van der Waals surface area contributed by atoms with Crippen LogP contribution in [0.1, 0.15) is 105 Å². The quantitative estimate of drug-likeness (QED) is 0.380. The van der Waals surface area contributed by atoms with Gasteiger partial charge in [-0.25, -0.2) is 0 Å². The van der Waals surface area contributed by atoms with Crippen LogP contribution in [-0.4, -0.2) is 0 Å². The average Bonchev–Trinajstić information content (AvgIpc) is 2.92. The van der Waals surface area contributed by atoms with Crippen LogP contribution in [0, 0.1) is 0 Å². The van der Waals surface area contributed by atoms with Crippen molar-refractivity contribution >= 4 is 0 Å². The number of hydrogen-bond donors (Lipinski definition) is 0. The largest absolute Gasteiger partial charge is 0.0683 e. The summed E-state index contributed by atoms with van der Waals surface area (Å²) in [6, 6.07) is 30.2. The Balaban J connectivity index is -0.000000285. The van der Waals surface area contributed by atoms with Crippen molar-refractivity contribution in [3.05, 3.63) is 107 Å². The van der Waals surface area contributed by atoms with E-state index in [0.29, 0.717) is 0 Å². The minimum atomic E-state index is 1.00. The van der Waals surface area contributed by atoms with E-state index < -0.39 is 0 Å². The second-order valence-electron chi connectivity index (χ2n) is 5.14. The molecule has 0 heteroatoms. The molecule has 0 bridgehead atoms. The lowest BCUT2D eigenvalue weighted by molar-refractivity contribution is 1.14. The predicted molar refractivity (Wildman–Crippen MR) is 153 cm³/mol. The Kier molecular flexibility index (Phi) is 38.5. The van der Waals surface area contributed by atoms with Gasteiger partial charge in [-0.2, -0.15) is 0 Å². The Morgan fingerprint density at radius 3 is 0.844 bits per heavy atom. The summed E-state index contributed by atoms with van der Waals surface area (Å²) in [5.74, 6) is 0. The first kappa shape index (κ1) is 37.0. The third-order valence-corrected chi connectivity index (χ3v) is 3.49. The van der Waals surface area contributed by atoms with E-state index in [-0.39, 0.29) is 0 Å². The molecule has 0 aliphatic heterocycles. The topological polar surface area (TPSA) is 0 Å². The fraction of sp³-hybridized carbons (Fsp3) is 0.438. The van der Waals surface area contributed by atoms with Gasteiger partial charge in [0.2, 0.25) is 0 Å². The standard InChI is InChI=1S/C20H18.6C2H6/c1-3-8-17(9-4-1)14-19-12-7-13-20(16-19)15-18-10-5-2-6-11-18;6*1-2/h1-13,16H,14-15H2;6*1-2H3. The molecule has 0 heterocycles. The Morgan fingerprint density at radius 2 is 0.562 bits per heavy atom. The lowest BCUT2D eigenvalue weighted by atomic mass is 9.99. The molecule has 0 unspecified atom stereocenters. The van der Waals surface area contributed by atoms with Crippen LogP contribution in [0.25, 0.3) is 0 Å². The van der Waals surface area contributed by atoms with Gasteiger partial charge in [0.05, 0.1) is 0 Å². The molecule has 32 heavy (non-hydrogen) atoms. The van der Waals surface area contributed by atoms with Crippen LogP contribution < -0.4 is 0 Å². The van der Waals surface area contributed by atoms with Crippen LogP contribution in [0.5, 0.6) is 0 Å². The molecule has 0 aliphatic rings. The number of rotatable bonds is 4. The maximum atomic E-state index is 2.32. The second-order valence-corrected chi connectivity index (χ2v) is 5.14. The molecule has 0 N–H and O–H groups in total. The summed E-state index contributed by atoms with van der Waals surface area (Å²) in [6.45, 7) is 24.0. The maximum absolute atomic E-state index is 2.32. The fourth-order valence-electron chi connectivity index (χ4n) is 2.51. The monoisotopic (exact) mass is 438 g/mol. The minimum absolute atomic E-state index is 1.00. The van der Waals surface area contributed by atoms with Crippen molar-refractivity contribution in [3.63, 3.8) is 0 Å². The van der Waals surface area contributed by atoms with E-state index in [1.165, 1.54) is 22.3 Å². The Bertz CT molecular complexity index is 597. The second kappa shape index (κ2) is 33.3. The lowest BCUT2D eigenvalue weighted by Gasteiger charge is -2.06. The highest BCUT2D eigenvalue weighted by molar-refractivity contribution is 5.32. The summed E-state index contributed by atoms with van der Waals surface area (Å²) in [4.78, 5) is 0. The molecular weight excluding hydrogens is 384 g/mol. The first-order valence-electron chi connectivity index (χ1n) is 13.1. The van der Waals surface area contributed by atoms with Crippen molar-refractivity contribution in [2.75, 3.05) is 0 Å². The van der Waals surface area contributed by atoms with Gasteiger partial charge in [0.1, 0.15) is 0 Å². The van der Waals surface area contributed by atoms with E-state index in [1.807, 2.05) is 83.1 Å². The molecule has 0 fully saturated rings. The highest BCUT2D eigenvalue weighted by Gasteiger charge is 1.99. The molecule has 0 aromatic heterocycles. The lowest BCUT2D eigenvalue weighted by Crippen LogP contribution is -1.92. The number of benzene rings is 3. The van der Waals surface area contributed by atoms with Gasteiger partial charge in [0.25, 0.3) is 0 Å². The molecule has 3 aromatic rings. The molecule has 3 rings (SSSR count). The molecule has 3 aromatic carbocycles. The highest BCUT2D eigenvalue weighted by atomic mass is 14.0. The average molecular weight is 439 g/mol. The third-order valence-electron chi connectivity index (χ3n) is 3.49. The first-order chi connectivity index (χ1) is 15.9. The molecular formula is C32H54. The SMILES string of the molecule is CC.CC.CC.CC.CC.CC.c1ccc(Cc2cccc(Cc3ccccc3)c2)cc1. The normalized spacial score (nSPS) is 7.62. The van der Waals surface area contributed by atoms with E-state index in [0.717, 1.165) is 12.8 Å². The highest BCUT2D eigenvalue weighted by Crippen LogP contribution is 2.14. The summed E-state index contributed by atoms with van der Waals surface area (Å²) in [5, 5.41) is 0. The number of hydrogen-bond acceptors (Lipinski definition) is 0. The van der Waals surface area contributed by atoms with E-state index in [2.05, 4.69) is 84.9 Å². The van der Waals surface area contributed by atoms with Gasteiger partial charge >= 0.3 is 0 Å². The van der Waals surface area contributed by atoms with Crippen molar-refractivity contribution in [2.45, 2.75) is 95.9 Å². The Labute approximate surface area is 203 Å². The summed E-state index contributed by atoms with van der Waals surface area (Å²) in [5.41, 5.74) is 5.49. The summed E-state index contributed by atoms with van der Waals surface area (Å²) < 4.78 is 0. The summed E-state index contributed by atoms with van der Waals surface area (Å²) in [6.07, 6.45) is 2.01. The van der Waals surface area contributed by atoms with E-state index in [4.69, 9.17) is 0 Å². The van der Waals surface area contributed by atoms with Crippen molar-refractivity contribution in [1.29, 1.82) is 0 Å². The molecule has 0 radical (unpaired) electrons. The van der Waals surface area contributed by atoms with Gasteiger partial charge in [0.15, 0.2) is 0 Å². The summed E-state index contributed by atoms with van der Waals surface area (Å²) >= 11 is 0. The van der Waals surface area contributed by atoms with Gasteiger partial charge in [-0.15, -0.1) is 0 Å². The van der Waals surface area contributed by atoms with Gasteiger partial charge in [-0.1, -0.05) is 168 Å². The summed E-state index contributed by atoms with van der Waals surface area (Å²) in [7, 11) is 0. The maximum Gasteiger partial charge on any atom is -0.00257 e. The van der Waals surface area contributed by atoms with Crippen LogP contribution in [0.15, 0.2) is 84.9 Å². The van der Waals surface area contributed by atoms with Crippen molar-refractivity contribution in [3.8, 4) is 0 Å². The third kappa shape index (κ3) is 19.6. The molecule has 0 aliphatic carbocycles. The van der Waals surface area contributed by atoms with Crippen molar-refractivity contribution < 1.29 is 0 Å². The minimum Gasteiger partial charge on any atom is -0.0683 e. The van der Waals surface area contributed by atoms with Crippen LogP contribution >= 0.6 is 0 Å². The van der Waals surface area contributed by atoms with E-state index in [1.54, 1.807) is 0 Å². The van der Waals surface area contributed by atoms with Crippen LogP contribution in [0.3, 0.4) is 0 Å². The predicted octanol–water partition coefficient (Wildman–Crippen LogP) is 11.0. The van der Waals surface area contributed by atoms with Crippen molar-refractivity contribution in [2.24, 2.45) is 0 Å². The molecule has 0 spiro atoms. The van der Waals surface area contributed by atoms with Gasteiger partial charge in [-0.3, -0.25) is 0 Å². The Hall–Kier alpha value is -2.34. The zero-order chi connectivity index (χ0) is 25.6. The molecule has 0 amide bonds. The van der Waals surface area contributed by atoms with E-state index >= 15 is 0 Å². The molecule has 182 valence electrons. The zero-order valence-electron chi connectivity index (χ0n) is 23.5. The van der Waals surface area contributed by atoms with Crippen LogP contribution in [-0.2, 0) is 12.8 Å². The molecule has 0 saturated carbocycles.